The van der Waals surface area contributed by atoms with E-state index in [1.165, 1.54) is 38.2 Å². The van der Waals surface area contributed by atoms with Gasteiger partial charge in [-0.1, -0.05) is 39.0 Å². The van der Waals surface area contributed by atoms with Crippen LogP contribution in [0.2, 0.25) is 0 Å². The first-order valence-corrected chi connectivity index (χ1v) is 7.02. The van der Waals surface area contributed by atoms with Gasteiger partial charge in [0.15, 0.2) is 0 Å². The van der Waals surface area contributed by atoms with Gasteiger partial charge in [-0.25, -0.2) is 4.79 Å². The lowest BCUT2D eigenvalue weighted by Gasteiger charge is -2.09. The summed E-state index contributed by atoms with van der Waals surface area (Å²) in [5.41, 5.74) is 7.35. The first-order valence-electron chi connectivity index (χ1n) is 7.02. The minimum atomic E-state index is -0.950. The van der Waals surface area contributed by atoms with Crippen molar-refractivity contribution in [2.24, 2.45) is 0 Å². The van der Waals surface area contributed by atoms with Crippen molar-refractivity contribution in [3.8, 4) is 0 Å². The highest BCUT2D eigenvalue weighted by atomic mass is 16.4. The summed E-state index contributed by atoms with van der Waals surface area (Å²) in [6.07, 6.45) is 7.51. The highest BCUT2D eigenvalue weighted by molar-refractivity contribution is 5.90. The Bertz CT molecular complexity index is 405. The molecule has 0 unspecified atom stereocenters. The van der Waals surface area contributed by atoms with Gasteiger partial charge < -0.3 is 16.2 Å². The zero-order valence-corrected chi connectivity index (χ0v) is 11.6. The molecule has 0 bridgehead atoms. The Morgan fingerprint density at radius 2 is 1.89 bits per heavy atom. The summed E-state index contributed by atoms with van der Waals surface area (Å²) in [4.78, 5) is 10.8. The van der Waals surface area contributed by atoms with Crippen LogP contribution in [0.5, 0.6) is 0 Å². The molecule has 106 valence electrons. The van der Waals surface area contributed by atoms with E-state index in [1.807, 2.05) is 0 Å². The summed E-state index contributed by atoms with van der Waals surface area (Å²) in [6, 6.07) is 4.80. The summed E-state index contributed by atoms with van der Waals surface area (Å²) >= 11 is 0. The molecule has 4 nitrogen and oxygen atoms in total. The van der Waals surface area contributed by atoms with Crippen LogP contribution < -0.4 is 11.1 Å². The molecule has 19 heavy (non-hydrogen) atoms. The van der Waals surface area contributed by atoms with Crippen LogP contribution in [-0.4, -0.2) is 17.6 Å². The largest absolute Gasteiger partial charge is 0.478 e. The van der Waals surface area contributed by atoms with Crippen LogP contribution in [0.15, 0.2) is 18.2 Å². The Hall–Kier alpha value is -1.71. The lowest BCUT2D eigenvalue weighted by atomic mass is 10.1. The van der Waals surface area contributed by atoms with Gasteiger partial charge in [0.1, 0.15) is 0 Å². The maximum absolute atomic E-state index is 10.8. The first kappa shape index (κ1) is 15.3. The first-order chi connectivity index (χ1) is 9.15. The second-order valence-electron chi connectivity index (χ2n) is 4.80. The molecule has 0 atom stereocenters. The highest BCUT2D eigenvalue weighted by Gasteiger charge is 2.05. The second-order valence-corrected chi connectivity index (χ2v) is 4.80. The van der Waals surface area contributed by atoms with Gasteiger partial charge in [0.05, 0.1) is 16.9 Å². The van der Waals surface area contributed by atoms with E-state index in [-0.39, 0.29) is 5.56 Å². The number of unbranched alkanes of at least 4 members (excludes halogenated alkanes) is 5. The van der Waals surface area contributed by atoms with E-state index in [4.69, 9.17) is 10.8 Å². The number of carboxylic acids is 1. The standard InChI is InChI=1S/C15H24N2O2/c1-2-3-4-5-6-7-10-17-14-9-8-12(15(18)19)11-13(14)16/h8-9,11,17H,2-7,10,16H2,1H3,(H,18,19). The van der Waals surface area contributed by atoms with E-state index in [2.05, 4.69) is 12.2 Å². The Morgan fingerprint density at radius 3 is 2.53 bits per heavy atom. The molecule has 0 aliphatic carbocycles. The van der Waals surface area contributed by atoms with Gasteiger partial charge in [-0.05, 0) is 24.6 Å². The fourth-order valence-electron chi connectivity index (χ4n) is 1.99. The molecule has 0 radical (unpaired) electrons. The summed E-state index contributed by atoms with van der Waals surface area (Å²) in [5, 5.41) is 12.1. The van der Waals surface area contributed by atoms with E-state index >= 15 is 0 Å². The third kappa shape index (κ3) is 5.64. The molecule has 1 aromatic carbocycles. The molecule has 0 amide bonds. The molecular weight excluding hydrogens is 240 g/mol. The maximum Gasteiger partial charge on any atom is 0.335 e. The van der Waals surface area contributed by atoms with Crippen molar-refractivity contribution in [3.63, 3.8) is 0 Å². The normalized spacial score (nSPS) is 10.4. The lowest BCUT2D eigenvalue weighted by Crippen LogP contribution is -2.06. The third-order valence-electron chi connectivity index (χ3n) is 3.14. The van der Waals surface area contributed by atoms with E-state index in [0.29, 0.717) is 5.69 Å². The number of nitrogens with one attached hydrogen (secondary N) is 1. The summed E-state index contributed by atoms with van der Waals surface area (Å²) in [6.45, 7) is 3.09. The number of aromatic carboxylic acids is 1. The van der Waals surface area contributed by atoms with E-state index in [9.17, 15) is 4.79 Å². The summed E-state index contributed by atoms with van der Waals surface area (Å²) in [5.74, 6) is -0.950. The van der Waals surface area contributed by atoms with E-state index < -0.39 is 5.97 Å². The number of hydrogen-bond donors (Lipinski definition) is 3. The van der Waals surface area contributed by atoms with Crippen LogP contribution in [0.3, 0.4) is 0 Å². The molecule has 0 aliphatic rings. The van der Waals surface area contributed by atoms with Gasteiger partial charge in [0.25, 0.3) is 0 Å². The number of carboxylic acid groups (broad SMARTS) is 1. The molecule has 0 aromatic heterocycles. The van der Waals surface area contributed by atoms with Crippen molar-refractivity contribution in [2.45, 2.75) is 45.4 Å². The minimum absolute atomic E-state index is 0.225. The predicted molar refractivity (Wildman–Crippen MR) is 79.7 cm³/mol. The average Bonchev–Trinajstić information content (AvgIpc) is 2.39. The topological polar surface area (TPSA) is 75.3 Å². The molecule has 0 heterocycles. The van der Waals surface area contributed by atoms with Gasteiger partial charge in [0.2, 0.25) is 0 Å². The summed E-state index contributed by atoms with van der Waals surface area (Å²) < 4.78 is 0. The molecule has 0 aliphatic heterocycles. The van der Waals surface area contributed by atoms with Crippen LogP contribution in [-0.2, 0) is 0 Å². The van der Waals surface area contributed by atoms with Crippen molar-refractivity contribution in [2.75, 3.05) is 17.6 Å². The van der Waals surface area contributed by atoms with E-state index in [1.54, 1.807) is 12.1 Å². The van der Waals surface area contributed by atoms with Crippen LogP contribution in [0.25, 0.3) is 0 Å². The zero-order chi connectivity index (χ0) is 14.1. The minimum Gasteiger partial charge on any atom is -0.478 e. The molecule has 0 saturated heterocycles. The molecule has 0 saturated carbocycles. The Morgan fingerprint density at radius 1 is 1.21 bits per heavy atom. The van der Waals surface area contributed by atoms with Crippen molar-refractivity contribution in [1.29, 1.82) is 0 Å². The Balaban J connectivity index is 2.28. The van der Waals surface area contributed by atoms with Crippen LogP contribution in [0.1, 0.15) is 55.8 Å². The maximum atomic E-state index is 10.8. The second kappa shape index (κ2) is 8.40. The number of benzene rings is 1. The fraction of sp³-hybridized carbons (Fsp3) is 0.533. The van der Waals surface area contributed by atoms with E-state index in [0.717, 1.165) is 18.7 Å². The Labute approximate surface area is 115 Å². The molecule has 1 aromatic rings. The highest BCUT2D eigenvalue weighted by Crippen LogP contribution is 2.20. The fourth-order valence-corrected chi connectivity index (χ4v) is 1.99. The quantitative estimate of drug-likeness (QED) is 0.469. The average molecular weight is 264 g/mol. The third-order valence-corrected chi connectivity index (χ3v) is 3.14. The Kier molecular flexibility index (Phi) is 6.79. The number of rotatable bonds is 9. The molecule has 1 rings (SSSR count). The van der Waals surface area contributed by atoms with Crippen LogP contribution in [0.4, 0.5) is 11.4 Å². The monoisotopic (exact) mass is 264 g/mol. The smallest absolute Gasteiger partial charge is 0.335 e. The van der Waals surface area contributed by atoms with Gasteiger partial charge in [-0.2, -0.15) is 0 Å². The number of nitrogen functional groups attached to an aromatic ring is 1. The van der Waals surface area contributed by atoms with Gasteiger partial charge in [-0.15, -0.1) is 0 Å². The number of nitrogens with two attached hydrogens (primary N) is 1. The van der Waals surface area contributed by atoms with Crippen molar-refractivity contribution in [1.82, 2.24) is 0 Å². The molecular formula is C15H24N2O2. The molecule has 0 spiro atoms. The van der Waals surface area contributed by atoms with Crippen molar-refractivity contribution in [3.05, 3.63) is 23.8 Å². The van der Waals surface area contributed by atoms with Gasteiger partial charge >= 0.3 is 5.97 Å². The number of carbonyl (C=O) groups is 1. The van der Waals surface area contributed by atoms with Crippen LogP contribution >= 0.6 is 0 Å². The predicted octanol–water partition coefficient (Wildman–Crippen LogP) is 3.74. The van der Waals surface area contributed by atoms with Crippen LogP contribution in [0, 0.1) is 0 Å². The van der Waals surface area contributed by atoms with Crippen molar-refractivity contribution < 1.29 is 9.90 Å². The lowest BCUT2D eigenvalue weighted by molar-refractivity contribution is 0.0697. The zero-order valence-electron chi connectivity index (χ0n) is 11.6. The SMILES string of the molecule is CCCCCCCCNc1ccc(C(=O)O)cc1N. The molecule has 4 heteroatoms. The number of anilines is 2. The molecule has 4 N–H and O–H groups in total. The van der Waals surface area contributed by atoms with Gasteiger partial charge in [-0.3, -0.25) is 0 Å². The van der Waals surface area contributed by atoms with Gasteiger partial charge in [0, 0.05) is 6.54 Å². The molecule has 0 fully saturated rings. The number of hydrogen-bond acceptors (Lipinski definition) is 3. The van der Waals surface area contributed by atoms with Crippen molar-refractivity contribution >= 4 is 17.3 Å². The summed E-state index contributed by atoms with van der Waals surface area (Å²) in [7, 11) is 0.